The molecule has 5 nitrogen and oxygen atoms in total. The molecule has 110 valence electrons. The van der Waals surface area contributed by atoms with E-state index in [1.54, 1.807) is 18.2 Å². The Labute approximate surface area is 123 Å². The lowest BCUT2D eigenvalue weighted by atomic mass is 10.1. The molecule has 0 saturated carbocycles. The SMILES string of the molecule is CNCc1ccc(OCCc2ccccc2[N+](=O)[O-])cc1. The van der Waals surface area contributed by atoms with E-state index in [2.05, 4.69) is 5.32 Å². The van der Waals surface area contributed by atoms with Gasteiger partial charge in [0.2, 0.25) is 0 Å². The Kier molecular flexibility index (Phi) is 5.29. The van der Waals surface area contributed by atoms with E-state index in [1.807, 2.05) is 31.3 Å². The molecular formula is C16H18N2O3. The van der Waals surface area contributed by atoms with Gasteiger partial charge < -0.3 is 10.1 Å². The summed E-state index contributed by atoms with van der Waals surface area (Å²) in [5.74, 6) is 0.772. The van der Waals surface area contributed by atoms with Gasteiger partial charge >= 0.3 is 0 Å². The highest BCUT2D eigenvalue weighted by molar-refractivity contribution is 5.40. The third kappa shape index (κ3) is 4.29. The number of nitro benzene ring substituents is 1. The van der Waals surface area contributed by atoms with Crippen LogP contribution in [0.15, 0.2) is 48.5 Å². The highest BCUT2D eigenvalue weighted by Gasteiger charge is 2.11. The number of nitrogens with one attached hydrogen (secondary N) is 1. The Morgan fingerprint density at radius 3 is 2.52 bits per heavy atom. The van der Waals surface area contributed by atoms with E-state index in [-0.39, 0.29) is 10.6 Å². The van der Waals surface area contributed by atoms with E-state index in [9.17, 15) is 10.1 Å². The predicted molar refractivity (Wildman–Crippen MR) is 81.5 cm³/mol. The van der Waals surface area contributed by atoms with Crippen molar-refractivity contribution < 1.29 is 9.66 Å². The number of rotatable bonds is 7. The van der Waals surface area contributed by atoms with E-state index in [0.29, 0.717) is 18.6 Å². The molecule has 2 aromatic carbocycles. The average molecular weight is 286 g/mol. The largest absolute Gasteiger partial charge is 0.493 e. The smallest absolute Gasteiger partial charge is 0.272 e. The number of hydrogen-bond acceptors (Lipinski definition) is 4. The van der Waals surface area contributed by atoms with E-state index >= 15 is 0 Å². The summed E-state index contributed by atoms with van der Waals surface area (Å²) in [5.41, 5.74) is 2.02. The summed E-state index contributed by atoms with van der Waals surface area (Å²) in [4.78, 5) is 10.6. The van der Waals surface area contributed by atoms with Crippen molar-refractivity contribution in [3.05, 3.63) is 69.8 Å². The standard InChI is InChI=1S/C16H18N2O3/c1-17-12-13-6-8-15(9-7-13)21-11-10-14-4-2-3-5-16(14)18(19)20/h2-9,17H,10-12H2,1H3. The van der Waals surface area contributed by atoms with Crippen LogP contribution in [0.3, 0.4) is 0 Å². The number of hydrogen-bond donors (Lipinski definition) is 1. The average Bonchev–Trinajstić information content (AvgIpc) is 2.50. The van der Waals surface area contributed by atoms with Gasteiger partial charge in [0.1, 0.15) is 5.75 Å². The maximum absolute atomic E-state index is 10.9. The van der Waals surface area contributed by atoms with Crippen molar-refractivity contribution in [1.29, 1.82) is 0 Å². The maximum Gasteiger partial charge on any atom is 0.272 e. The lowest BCUT2D eigenvalue weighted by molar-refractivity contribution is -0.385. The zero-order valence-corrected chi connectivity index (χ0v) is 11.9. The van der Waals surface area contributed by atoms with Crippen LogP contribution >= 0.6 is 0 Å². The molecule has 0 aromatic heterocycles. The van der Waals surface area contributed by atoms with E-state index in [4.69, 9.17) is 4.74 Å². The zero-order valence-electron chi connectivity index (χ0n) is 11.9. The fourth-order valence-electron chi connectivity index (χ4n) is 2.09. The van der Waals surface area contributed by atoms with E-state index in [0.717, 1.165) is 12.3 Å². The van der Waals surface area contributed by atoms with Gasteiger partial charge in [-0.15, -0.1) is 0 Å². The Balaban J connectivity index is 1.91. The van der Waals surface area contributed by atoms with Crippen LogP contribution in [0.5, 0.6) is 5.75 Å². The van der Waals surface area contributed by atoms with Crippen molar-refractivity contribution >= 4 is 5.69 Å². The quantitative estimate of drug-likeness (QED) is 0.628. The number of ether oxygens (including phenoxy) is 1. The summed E-state index contributed by atoms with van der Waals surface area (Å²) < 4.78 is 5.63. The van der Waals surface area contributed by atoms with Crippen LogP contribution in [-0.4, -0.2) is 18.6 Å². The third-order valence-corrected chi connectivity index (χ3v) is 3.13. The molecule has 0 fully saturated rings. The fraction of sp³-hybridized carbons (Fsp3) is 0.250. The van der Waals surface area contributed by atoms with Gasteiger partial charge in [-0.05, 0) is 24.7 Å². The van der Waals surface area contributed by atoms with Crippen LogP contribution in [0.1, 0.15) is 11.1 Å². The maximum atomic E-state index is 10.9. The van der Waals surface area contributed by atoms with Crippen molar-refractivity contribution in [2.45, 2.75) is 13.0 Å². The van der Waals surface area contributed by atoms with Gasteiger partial charge in [0.25, 0.3) is 5.69 Å². The normalized spacial score (nSPS) is 10.3. The summed E-state index contributed by atoms with van der Waals surface area (Å²) in [6.07, 6.45) is 0.509. The Morgan fingerprint density at radius 2 is 1.86 bits per heavy atom. The molecule has 2 aromatic rings. The molecule has 0 unspecified atom stereocenters. The van der Waals surface area contributed by atoms with Crippen LogP contribution in [0.4, 0.5) is 5.69 Å². The molecule has 0 amide bonds. The van der Waals surface area contributed by atoms with E-state index < -0.39 is 0 Å². The molecular weight excluding hydrogens is 268 g/mol. The topological polar surface area (TPSA) is 64.4 Å². The van der Waals surface area contributed by atoms with Gasteiger partial charge in [0.15, 0.2) is 0 Å². The first kappa shape index (κ1) is 15.0. The second-order valence-corrected chi connectivity index (χ2v) is 4.66. The number of para-hydroxylation sites is 1. The van der Waals surface area contributed by atoms with Crippen molar-refractivity contribution in [3.63, 3.8) is 0 Å². The van der Waals surface area contributed by atoms with Crippen molar-refractivity contribution in [1.82, 2.24) is 5.32 Å². The predicted octanol–water partition coefficient (Wildman–Crippen LogP) is 2.94. The first-order valence-electron chi connectivity index (χ1n) is 6.79. The van der Waals surface area contributed by atoms with Gasteiger partial charge in [0.05, 0.1) is 11.5 Å². The van der Waals surface area contributed by atoms with Crippen LogP contribution < -0.4 is 10.1 Å². The second kappa shape index (κ2) is 7.40. The highest BCUT2D eigenvalue weighted by atomic mass is 16.6. The monoisotopic (exact) mass is 286 g/mol. The molecule has 1 N–H and O–H groups in total. The number of nitro groups is 1. The first-order chi connectivity index (χ1) is 10.2. The lowest BCUT2D eigenvalue weighted by Gasteiger charge is -2.07. The minimum Gasteiger partial charge on any atom is -0.493 e. The summed E-state index contributed by atoms with van der Waals surface area (Å²) in [6.45, 7) is 1.23. The Morgan fingerprint density at radius 1 is 1.14 bits per heavy atom. The lowest BCUT2D eigenvalue weighted by Crippen LogP contribution is -2.05. The summed E-state index contributed by atoms with van der Waals surface area (Å²) in [7, 11) is 1.90. The molecule has 0 bridgehead atoms. The third-order valence-electron chi connectivity index (χ3n) is 3.13. The Bertz CT molecular complexity index is 597. The van der Waals surface area contributed by atoms with E-state index in [1.165, 1.54) is 11.6 Å². The summed E-state index contributed by atoms with van der Waals surface area (Å²) in [6, 6.07) is 14.6. The molecule has 21 heavy (non-hydrogen) atoms. The second-order valence-electron chi connectivity index (χ2n) is 4.66. The minimum absolute atomic E-state index is 0.144. The minimum atomic E-state index is -0.359. The van der Waals surface area contributed by atoms with Crippen molar-refractivity contribution in [2.24, 2.45) is 0 Å². The molecule has 0 aliphatic rings. The molecule has 0 saturated heterocycles. The zero-order chi connectivity index (χ0) is 15.1. The highest BCUT2D eigenvalue weighted by Crippen LogP contribution is 2.19. The van der Waals surface area contributed by atoms with Crippen molar-refractivity contribution in [3.8, 4) is 5.75 Å². The Hall–Kier alpha value is -2.40. The molecule has 0 aliphatic carbocycles. The molecule has 0 spiro atoms. The van der Waals surface area contributed by atoms with Gasteiger partial charge in [0, 0.05) is 24.6 Å². The van der Waals surface area contributed by atoms with Crippen LogP contribution in [-0.2, 0) is 13.0 Å². The van der Waals surface area contributed by atoms with Crippen LogP contribution in [0, 0.1) is 10.1 Å². The molecule has 0 heterocycles. The van der Waals surface area contributed by atoms with Gasteiger partial charge in [-0.3, -0.25) is 10.1 Å². The molecule has 2 rings (SSSR count). The number of nitrogens with zero attached hydrogens (tertiary/aromatic N) is 1. The summed E-state index contributed by atoms with van der Waals surface area (Å²) in [5, 5.41) is 14.0. The van der Waals surface area contributed by atoms with Gasteiger partial charge in [-0.2, -0.15) is 0 Å². The number of benzene rings is 2. The molecule has 0 atom stereocenters. The van der Waals surface area contributed by atoms with Gasteiger partial charge in [-0.25, -0.2) is 0 Å². The van der Waals surface area contributed by atoms with Crippen LogP contribution in [0.2, 0.25) is 0 Å². The molecule has 0 radical (unpaired) electrons. The summed E-state index contributed by atoms with van der Waals surface area (Å²) >= 11 is 0. The fourth-order valence-corrected chi connectivity index (χ4v) is 2.09. The van der Waals surface area contributed by atoms with Gasteiger partial charge in [-0.1, -0.05) is 30.3 Å². The molecule has 5 heteroatoms. The van der Waals surface area contributed by atoms with Crippen LogP contribution in [0.25, 0.3) is 0 Å². The molecule has 0 aliphatic heterocycles. The van der Waals surface area contributed by atoms with Crippen molar-refractivity contribution in [2.75, 3.05) is 13.7 Å². The first-order valence-corrected chi connectivity index (χ1v) is 6.79.